The highest BCUT2D eigenvalue weighted by molar-refractivity contribution is 5.97. The molecule has 0 atom stereocenters. The Kier molecular flexibility index (Phi) is 6.79. The lowest BCUT2D eigenvalue weighted by atomic mass is 9.79. The fourth-order valence-corrected chi connectivity index (χ4v) is 3.32. The van der Waals surface area contributed by atoms with E-state index in [0.29, 0.717) is 50.4 Å². The number of rotatable bonds is 7. The fraction of sp³-hybridized carbons (Fsp3) is 0.364. The van der Waals surface area contributed by atoms with E-state index >= 15 is 0 Å². The smallest absolute Gasteiger partial charge is 0.251 e. The van der Waals surface area contributed by atoms with Gasteiger partial charge in [0.25, 0.3) is 5.91 Å². The van der Waals surface area contributed by atoms with Gasteiger partial charge in [-0.3, -0.25) is 9.59 Å². The first-order valence-corrected chi connectivity index (χ1v) is 9.64. The van der Waals surface area contributed by atoms with Gasteiger partial charge in [-0.15, -0.1) is 0 Å². The number of amides is 2. The Bertz CT molecular complexity index is 784. The van der Waals surface area contributed by atoms with E-state index in [1.165, 1.54) is 5.56 Å². The highest BCUT2D eigenvalue weighted by Crippen LogP contribution is 2.30. The predicted octanol–water partition coefficient (Wildman–Crippen LogP) is 2.35. The van der Waals surface area contributed by atoms with Crippen molar-refractivity contribution in [2.45, 2.75) is 19.3 Å². The summed E-state index contributed by atoms with van der Waals surface area (Å²) in [6, 6.07) is 16.9. The summed E-state index contributed by atoms with van der Waals surface area (Å²) in [4.78, 5) is 25.0. The van der Waals surface area contributed by atoms with Crippen molar-refractivity contribution >= 4 is 17.5 Å². The lowest BCUT2D eigenvalue weighted by Gasteiger charge is -2.34. The molecule has 0 spiro atoms. The maximum atomic E-state index is 12.7. The topological polar surface area (TPSA) is 93.5 Å². The molecule has 2 amide bonds. The number of carbonyl (C=O) groups is 2. The zero-order valence-corrected chi connectivity index (χ0v) is 15.9. The molecule has 0 radical (unpaired) electrons. The van der Waals surface area contributed by atoms with Crippen LogP contribution in [-0.2, 0) is 16.0 Å². The minimum absolute atomic E-state index is 0.0848. The first-order chi connectivity index (χ1) is 13.6. The Balaban J connectivity index is 1.52. The van der Waals surface area contributed by atoms with Gasteiger partial charge in [0.1, 0.15) is 0 Å². The zero-order valence-electron chi connectivity index (χ0n) is 15.9. The third kappa shape index (κ3) is 4.97. The molecule has 6 heteroatoms. The molecule has 1 heterocycles. The molecule has 2 aromatic carbocycles. The molecule has 1 aliphatic heterocycles. The Morgan fingerprint density at radius 1 is 1.00 bits per heavy atom. The van der Waals surface area contributed by atoms with Gasteiger partial charge in [-0.05, 0) is 49.1 Å². The van der Waals surface area contributed by atoms with Crippen LogP contribution in [0.4, 0.5) is 5.69 Å². The average molecular weight is 381 g/mol. The van der Waals surface area contributed by atoms with Gasteiger partial charge in [-0.2, -0.15) is 0 Å². The van der Waals surface area contributed by atoms with Gasteiger partial charge < -0.3 is 21.1 Å². The van der Waals surface area contributed by atoms with Crippen molar-refractivity contribution in [1.29, 1.82) is 0 Å². The number of nitrogens with two attached hydrogens (primary N) is 1. The molecule has 0 bridgehead atoms. The standard InChI is InChI=1S/C22H27N3O3/c23-16-22(11-14-28-15-12-22)21(27)25-19-8-6-18(7-9-19)20(26)24-13-10-17-4-2-1-3-5-17/h1-9H,10-16,23H2,(H,24,26)(H,25,27). The van der Waals surface area contributed by atoms with Crippen molar-refractivity contribution in [2.24, 2.45) is 11.1 Å². The summed E-state index contributed by atoms with van der Waals surface area (Å²) < 4.78 is 5.35. The summed E-state index contributed by atoms with van der Waals surface area (Å²) in [6.45, 7) is 1.96. The summed E-state index contributed by atoms with van der Waals surface area (Å²) in [7, 11) is 0. The molecule has 6 nitrogen and oxygen atoms in total. The molecule has 0 aromatic heterocycles. The molecule has 0 aliphatic carbocycles. The van der Waals surface area contributed by atoms with Gasteiger partial charge in [0.05, 0.1) is 5.41 Å². The van der Waals surface area contributed by atoms with Crippen LogP contribution in [0.5, 0.6) is 0 Å². The monoisotopic (exact) mass is 381 g/mol. The van der Waals surface area contributed by atoms with Crippen molar-refractivity contribution in [3.05, 3.63) is 65.7 Å². The number of benzene rings is 2. The third-order valence-corrected chi connectivity index (χ3v) is 5.27. The Hall–Kier alpha value is -2.70. The number of ether oxygens (including phenoxy) is 1. The zero-order chi connectivity index (χ0) is 19.8. The van der Waals surface area contributed by atoms with Crippen LogP contribution in [-0.4, -0.2) is 38.1 Å². The molecule has 1 saturated heterocycles. The van der Waals surface area contributed by atoms with Crippen LogP contribution in [0.3, 0.4) is 0 Å². The van der Waals surface area contributed by atoms with Crippen molar-refractivity contribution in [1.82, 2.24) is 5.32 Å². The Morgan fingerprint density at radius 3 is 2.32 bits per heavy atom. The first-order valence-electron chi connectivity index (χ1n) is 9.64. The van der Waals surface area contributed by atoms with E-state index in [1.807, 2.05) is 30.3 Å². The number of carbonyl (C=O) groups excluding carboxylic acids is 2. The van der Waals surface area contributed by atoms with Crippen LogP contribution in [0.2, 0.25) is 0 Å². The highest BCUT2D eigenvalue weighted by atomic mass is 16.5. The summed E-state index contributed by atoms with van der Waals surface area (Å²) in [5.41, 5.74) is 7.70. The summed E-state index contributed by atoms with van der Waals surface area (Å²) in [6.07, 6.45) is 2.03. The quantitative estimate of drug-likeness (QED) is 0.686. The highest BCUT2D eigenvalue weighted by Gasteiger charge is 2.38. The number of hydrogen-bond donors (Lipinski definition) is 3. The van der Waals surface area contributed by atoms with Crippen LogP contribution in [0, 0.1) is 5.41 Å². The largest absolute Gasteiger partial charge is 0.381 e. The molecule has 0 unspecified atom stereocenters. The van der Waals surface area contributed by atoms with Gasteiger partial charge >= 0.3 is 0 Å². The van der Waals surface area contributed by atoms with Crippen molar-refractivity contribution < 1.29 is 14.3 Å². The molecule has 148 valence electrons. The molecule has 28 heavy (non-hydrogen) atoms. The molecule has 0 saturated carbocycles. The molecular weight excluding hydrogens is 354 g/mol. The van der Waals surface area contributed by atoms with Crippen LogP contribution in [0.25, 0.3) is 0 Å². The molecule has 1 aliphatic rings. The van der Waals surface area contributed by atoms with E-state index in [-0.39, 0.29) is 11.8 Å². The second kappa shape index (κ2) is 9.48. The normalized spacial score (nSPS) is 15.6. The van der Waals surface area contributed by atoms with E-state index in [2.05, 4.69) is 10.6 Å². The van der Waals surface area contributed by atoms with Crippen molar-refractivity contribution in [3.8, 4) is 0 Å². The Labute approximate surface area is 165 Å². The van der Waals surface area contributed by atoms with Crippen LogP contribution < -0.4 is 16.4 Å². The van der Waals surface area contributed by atoms with Gasteiger partial charge in [0, 0.05) is 37.6 Å². The minimum Gasteiger partial charge on any atom is -0.381 e. The lowest BCUT2D eigenvalue weighted by molar-refractivity contribution is -0.130. The van der Waals surface area contributed by atoms with Crippen LogP contribution >= 0.6 is 0 Å². The van der Waals surface area contributed by atoms with Gasteiger partial charge in [-0.1, -0.05) is 30.3 Å². The number of anilines is 1. The molecule has 3 rings (SSSR count). The molecule has 1 fully saturated rings. The molecule has 2 aromatic rings. The van der Waals surface area contributed by atoms with Crippen LogP contribution in [0.15, 0.2) is 54.6 Å². The van der Waals surface area contributed by atoms with Crippen molar-refractivity contribution in [3.63, 3.8) is 0 Å². The van der Waals surface area contributed by atoms with E-state index in [0.717, 1.165) is 6.42 Å². The van der Waals surface area contributed by atoms with E-state index in [4.69, 9.17) is 10.5 Å². The maximum Gasteiger partial charge on any atom is 0.251 e. The SMILES string of the molecule is NCC1(C(=O)Nc2ccc(C(=O)NCCc3ccccc3)cc2)CCOCC1. The lowest BCUT2D eigenvalue weighted by Crippen LogP contribution is -2.46. The van der Waals surface area contributed by atoms with Gasteiger partial charge in [-0.25, -0.2) is 0 Å². The van der Waals surface area contributed by atoms with E-state index in [1.54, 1.807) is 24.3 Å². The van der Waals surface area contributed by atoms with Crippen LogP contribution in [0.1, 0.15) is 28.8 Å². The number of nitrogens with one attached hydrogen (secondary N) is 2. The third-order valence-electron chi connectivity index (χ3n) is 5.27. The maximum absolute atomic E-state index is 12.7. The Morgan fingerprint density at radius 2 is 1.68 bits per heavy atom. The summed E-state index contributed by atoms with van der Waals surface area (Å²) in [5.74, 6) is -0.213. The van der Waals surface area contributed by atoms with E-state index < -0.39 is 5.41 Å². The first kappa shape index (κ1) is 20.0. The van der Waals surface area contributed by atoms with E-state index in [9.17, 15) is 9.59 Å². The average Bonchev–Trinajstić information content (AvgIpc) is 2.75. The van der Waals surface area contributed by atoms with Crippen molar-refractivity contribution in [2.75, 3.05) is 31.6 Å². The fourth-order valence-electron chi connectivity index (χ4n) is 3.32. The summed E-state index contributed by atoms with van der Waals surface area (Å²) in [5, 5.41) is 5.85. The minimum atomic E-state index is -0.578. The van der Waals surface area contributed by atoms with Gasteiger partial charge in [0.15, 0.2) is 0 Å². The second-order valence-corrected chi connectivity index (χ2v) is 7.12. The second-order valence-electron chi connectivity index (χ2n) is 7.12. The predicted molar refractivity (Wildman–Crippen MR) is 109 cm³/mol. The molecule has 4 N–H and O–H groups in total. The van der Waals surface area contributed by atoms with Gasteiger partial charge in [0.2, 0.25) is 5.91 Å². The number of hydrogen-bond acceptors (Lipinski definition) is 4. The summed E-state index contributed by atoms with van der Waals surface area (Å²) >= 11 is 0. The molecular formula is C22H27N3O3.